The van der Waals surface area contributed by atoms with Crippen LogP contribution in [0.2, 0.25) is 0 Å². The molecule has 0 aliphatic carbocycles. The summed E-state index contributed by atoms with van der Waals surface area (Å²) in [6, 6.07) is 13.9. The van der Waals surface area contributed by atoms with Gasteiger partial charge in [-0.15, -0.1) is 0 Å². The summed E-state index contributed by atoms with van der Waals surface area (Å²) in [6.07, 6.45) is 0. The minimum atomic E-state index is -0.301. The van der Waals surface area contributed by atoms with Gasteiger partial charge in [0.2, 0.25) is 0 Å². The van der Waals surface area contributed by atoms with Crippen molar-refractivity contribution in [1.82, 2.24) is 5.32 Å². The number of carbonyl (C=O) groups excluding carboxylic acids is 1. The molecule has 6 heteroatoms. The Balaban J connectivity index is 2.02. The number of methoxy groups -OCH3 is 2. The summed E-state index contributed by atoms with van der Waals surface area (Å²) < 4.78 is 16.0. The van der Waals surface area contributed by atoms with Crippen LogP contribution in [0.25, 0.3) is 0 Å². The molecule has 0 aromatic heterocycles. The van der Waals surface area contributed by atoms with Crippen molar-refractivity contribution >= 4 is 5.91 Å². The van der Waals surface area contributed by atoms with Crippen molar-refractivity contribution in [2.75, 3.05) is 20.8 Å². The molecule has 0 saturated heterocycles. The monoisotopic (exact) mass is 340 g/mol. The van der Waals surface area contributed by atoms with Crippen molar-refractivity contribution < 1.29 is 19.0 Å². The number of nitrogens with zero attached hydrogens (tertiary/aromatic N) is 1. The summed E-state index contributed by atoms with van der Waals surface area (Å²) in [6.45, 7) is 1.66. The van der Waals surface area contributed by atoms with Gasteiger partial charge in [-0.1, -0.05) is 12.1 Å². The van der Waals surface area contributed by atoms with Crippen LogP contribution in [-0.2, 0) is 4.79 Å². The van der Waals surface area contributed by atoms with Crippen molar-refractivity contribution in [2.24, 2.45) is 0 Å². The lowest BCUT2D eigenvalue weighted by Crippen LogP contribution is -2.31. The lowest BCUT2D eigenvalue weighted by atomic mass is 10.1. The molecule has 0 spiro atoms. The molecular formula is C19H20N2O4. The lowest BCUT2D eigenvalue weighted by Gasteiger charge is -2.18. The first kappa shape index (κ1) is 18.1. The number of benzene rings is 2. The molecule has 1 amide bonds. The Labute approximate surface area is 146 Å². The topological polar surface area (TPSA) is 80.6 Å². The molecule has 1 atom stereocenters. The third-order valence-corrected chi connectivity index (χ3v) is 3.65. The molecule has 2 aromatic carbocycles. The molecular weight excluding hydrogens is 320 g/mol. The molecule has 1 N–H and O–H groups in total. The van der Waals surface area contributed by atoms with Gasteiger partial charge in [-0.25, -0.2) is 0 Å². The van der Waals surface area contributed by atoms with E-state index in [1.807, 2.05) is 19.1 Å². The van der Waals surface area contributed by atoms with Crippen LogP contribution >= 0.6 is 0 Å². The van der Waals surface area contributed by atoms with Crippen molar-refractivity contribution in [3.8, 4) is 23.3 Å². The van der Waals surface area contributed by atoms with E-state index >= 15 is 0 Å². The quantitative estimate of drug-likeness (QED) is 0.838. The molecule has 25 heavy (non-hydrogen) atoms. The molecule has 0 unspecified atom stereocenters. The zero-order valence-electron chi connectivity index (χ0n) is 14.4. The second-order valence-electron chi connectivity index (χ2n) is 5.29. The fraction of sp³-hybridized carbons (Fsp3) is 0.263. The van der Waals surface area contributed by atoms with Gasteiger partial charge < -0.3 is 19.5 Å². The van der Waals surface area contributed by atoms with Gasteiger partial charge in [0.25, 0.3) is 5.91 Å². The normalized spacial score (nSPS) is 11.1. The summed E-state index contributed by atoms with van der Waals surface area (Å²) in [5, 5.41) is 11.9. The number of nitrogens with one attached hydrogen (secondary N) is 1. The minimum Gasteiger partial charge on any atom is -0.497 e. The average Bonchev–Trinajstić information content (AvgIpc) is 2.65. The van der Waals surface area contributed by atoms with Crippen LogP contribution in [0, 0.1) is 11.3 Å². The molecule has 0 bridgehead atoms. The van der Waals surface area contributed by atoms with E-state index in [0.717, 1.165) is 5.56 Å². The van der Waals surface area contributed by atoms with Crippen molar-refractivity contribution in [2.45, 2.75) is 13.0 Å². The number of carbonyl (C=O) groups is 1. The summed E-state index contributed by atoms with van der Waals surface area (Å²) in [7, 11) is 3.15. The van der Waals surface area contributed by atoms with E-state index in [-0.39, 0.29) is 18.6 Å². The SMILES string of the molecule is COc1ccc(OC)c([C@@H](C)NC(=O)COc2ccccc2C#N)c1. The van der Waals surface area contributed by atoms with Crippen LogP contribution in [0.1, 0.15) is 24.1 Å². The number of hydrogen-bond donors (Lipinski definition) is 1. The van der Waals surface area contributed by atoms with Crippen LogP contribution in [0.5, 0.6) is 17.2 Å². The molecule has 0 radical (unpaired) electrons. The molecule has 0 heterocycles. The van der Waals surface area contributed by atoms with Crippen LogP contribution in [0.15, 0.2) is 42.5 Å². The smallest absolute Gasteiger partial charge is 0.258 e. The fourth-order valence-corrected chi connectivity index (χ4v) is 2.37. The third kappa shape index (κ3) is 4.64. The second-order valence-corrected chi connectivity index (χ2v) is 5.29. The molecule has 130 valence electrons. The highest BCUT2D eigenvalue weighted by Gasteiger charge is 2.16. The van der Waals surface area contributed by atoms with Crippen LogP contribution in [0.4, 0.5) is 0 Å². The zero-order valence-corrected chi connectivity index (χ0v) is 14.4. The largest absolute Gasteiger partial charge is 0.497 e. The first-order valence-electron chi connectivity index (χ1n) is 7.72. The minimum absolute atomic E-state index is 0.185. The standard InChI is InChI=1S/C19H20N2O4/c1-13(16-10-15(23-2)8-9-18(16)24-3)21-19(22)12-25-17-7-5-4-6-14(17)11-20/h4-10,13H,12H2,1-3H3,(H,21,22)/t13-/m1/s1. The second kappa shape index (κ2) is 8.60. The molecule has 2 rings (SSSR count). The van der Waals surface area contributed by atoms with Crippen molar-refractivity contribution in [3.63, 3.8) is 0 Å². The number of nitriles is 1. The molecule has 0 fully saturated rings. The third-order valence-electron chi connectivity index (χ3n) is 3.65. The Kier molecular flexibility index (Phi) is 6.24. The number of ether oxygens (including phenoxy) is 3. The van der Waals surface area contributed by atoms with E-state index in [2.05, 4.69) is 5.32 Å². The number of rotatable bonds is 7. The van der Waals surface area contributed by atoms with E-state index in [1.54, 1.807) is 50.6 Å². The predicted octanol–water partition coefficient (Wildman–Crippen LogP) is 2.83. The first-order valence-corrected chi connectivity index (χ1v) is 7.72. The summed E-state index contributed by atoms with van der Waals surface area (Å²) >= 11 is 0. The van der Waals surface area contributed by atoms with Crippen molar-refractivity contribution in [1.29, 1.82) is 5.26 Å². The van der Waals surface area contributed by atoms with Gasteiger partial charge in [-0.2, -0.15) is 5.26 Å². The molecule has 0 aliphatic heterocycles. The Morgan fingerprint density at radius 1 is 1.16 bits per heavy atom. The van der Waals surface area contributed by atoms with Gasteiger partial charge in [-0.3, -0.25) is 4.79 Å². The number of hydrogen-bond acceptors (Lipinski definition) is 5. The molecule has 6 nitrogen and oxygen atoms in total. The fourth-order valence-electron chi connectivity index (χ4n) is 2.37. The summed E-state index contributed by atoms with van der Waals surface area (Å²) in [5.74, 6) is 1.41. The van der Waals surface area contributed by atoms with Gasteiger partial charge in [0.15, 0.2) is 6.61 Å². The van der Waals surface area contributed by atoms with Crippen molar-refractivity contribution in [3.05, 3.63) is 53.6 Å². The Morgan fingerprint density at radius 3 is 2.60 bits per heavy atom. The highest BCUT2D eigenvalue weighted by atomic mass is 16.5. The average molecular weight is 340 g/mol. The number of amides is 1. The van der Waals surface area contributed by atoms with E-state index in [1.165, 1.54) is 0 Å². The Bertz CT molecular complexity index is 783. The van der Waals surface area contributed by atoms with E-state index in [9.17, 15) is 4.79 Å². The van der Waals surface area contributed by atoms with Gasteiger partial charge in [0.05, 0.1) is 25.8 Å². The number of para-hydroxylation sites is 1. The molecule has 0 saturated carbocycles. The van der Waals surface area contributed by atoms with Crippen LogP contribution in [-0.4, -0.2) is 26.7 Å². The maximum atomic E-state index is 12.2. The van der Waals surface area contributed by atoms with E-state index < -0.39 is 0 Å². The summed E-state index contributed by atoms with van der Waals surface area (Å²) in [5.41, 5.74) is 1.19. The van der Waals surface area contributed by atoms with Gasteiger partial charge in [-0.05, 0) is 37.3 Å². The van der Waals surface area contributed by atoms with E-state index in [4.69, 9.17) is 19.5 Å². The van der Waals surface area contributed by atoms with Gasteiger partial charge in [0.1, 0.15) is 23.3 Å². The molecule has 2 aromatic rings. The first-order chi connectivity index (χ1) is 12.1. The Hall–Kier alpha value is -3.20. The lowest BCUT2D eigenvalue weighted by molar-refractivity contribution is -0.123. The zero-order chi connectivity index (χ0) is 18.2. The highest BCUT2D eigenvalue weighted by molar-refractivity contribution is 5.78. The summed E-state index contributed by atoms with van der Waals surface area (Å²) in [4.78, 5) is 12.2. The van der Waals surface area contributed by atoms with Gasteiger partial charge >= 0.3 is 0 Å². The maximum Gasteiger partial charge on any atom is 0.258 e. The maximum absolute atomic E-state index is 12.2. The van der Waals surface area contributed by atoms with E-state index in [0.29, 0.717) is 22.8 Å². The highest BCUT2D eigenvalue weighted by Crippen LogP contribution is 2.29. The Morgan fingerprint density at radius 2 is 1.92 bits per heavy atom. The van der Waals surface area contributed by atoms with Crippen LogP contribution < -0.4 is 19.5 Å². The predicted molar refractivity (Wildman–Crippen MR) is 92.8 cm³/mol. The van der Waals surface area contributed by atoms with Crippen LogP contribution in [0.3, 0.4) is 0 Å². The molecule has 0 aliphatic rings. The van der Waals surface area contributed by atoms with Gasteiger partial charge in [0, 0.05) is 5.56 Å².